The highest BCUT2D eigenvalue weighted by atomic mass is 19.1. The SMILES string of the molecule is Cc1cc(C(=O)C(C)(C)N2CCNCC2)ccc1F. The molecule has 1 aromatic carbocycles. The van der Waals surface area contributed by atoms with Crippen molar-refractivity contribution in [2.24, 2.45) is 0 Å². The van der Waals surface area contributed by atoms with E-state index in [9.17, 15) is 9.18 Å². The molecule has 0 amide bonds. The van der Waals surface area contributed by atoms with Crippen molar-refractivity contribution in [2.75, 3.05) is 26.2 Å². The zero-order chi connectivity index (χ0) is 14.0. The van der Waals surface area contributed by atoms with Crippen molar-refractivity contribution in [3.63, 3.8) is 0 Å². The summed E-state index contributed by atoms with van der Waals surface area (Å²) in [6.45, 7) is 9.10. The number of Topliss-reactive ketones (excluding diaryl/α,β-unsaturated/α-hetero) is 1. The number of halogens is 1. The molecule has 0 aromatic heterocycles. The minimum atomic E-state index is -0.549. The van der Waals surface area contributed by atoms with Gasteiger partial charge in [0.15, 0.2) is 5.78 Å². The monoisotopic (exact) mass is 264 g/mol. The summed E-state index contributed by atoms with van der Waals surface area (Å²) in [6.07, 6.45) is 0. The Bertz CT molecular complexity index is 479. The van der Waals surface area contributed by atoms with Crippen LogP contribution in [0.3, 0.4) is 0 Å². The van der Waals surface area contributed by atoms with Crippen molar-refractivity contribution < 1.29 is 9.18 Å². The van der Waals surface area contributed by atoms with E-state index in [0.717, 1.165) is 26.2 Å². The maximum atomic E-state index is 13.3. The highest BCUT2D eigenvalue weighted by Gasteiger charge is 2.35. The number of benzene rings is 1. The molecule has 0 saturated carbocycles. The van der Waals surface area contributed by atoms with E-state index >= 15 is 0 Å². The lowest BCUT2D eigenvalue weighted by molar-refractivity contribution is 0.0602. The summed E-state index contributed by atoms with van der Waals surface area (Å²) >= 11 is 0. The van der Waals surface area contributed by atoms with Gasteiger partial charge in [-0.25, -0.2) is 4.39 Å². The molecule has 1 aliphatic heterocycles. The zero-order valence-corrected chi connectivity index (χ0v) is 11.8. The lowest BCUT2D eigenvalue weighted by Crippen LogP contribution is -2.57. The molecular formula is C15H21FN2O. The summed E-state index contributed by atoms with van der Waals surface area (Å²) < 4.78 is 13.3. The van der Waals surface area contributed by atoms with Crippen LogP contribution in [0, 0.1) is 12.7 Å². The molecule has 1 fully saturated rings. The van der Waals surface area contributed by atoms with Crippen LogP contribution in [0.5, 0.6) is 0 Å². The van der Waals surface area contributed by atoms with Gasteiger partial charge in [0.2, 0.25) is 0 Å². The van der Waals surface area contributed by atoms with E-state index in [1.54, 1.807) is 19.1 Å². The lowest BCUT2D eigenvalue weighted by Gasteiger charge is -2.40. The van der Waals surface area contributed by atoms with E-state index in [0.29, 0.717) is 11.1 Å². The number of rotatable bonds is 3. The summed E-state index contributed by atoms with van der Waals surface area (Å²) in [6, 6.07) is 4.59. The van der Waals surface area contributed by atoms with Crippen molar-refractivity contribution in [1.29, 1.82) is 0 Å². The topological polar surface area (TPSA) is 32.3 Å². The first-order valence-electron chi connectivity index (χ1n) is 6.69. The fourth-order valence-electron chi connectivity index (χ4n) is 2.51. The third-order valence-corrected chi connectivity index (χ3v) is 3.88. The first-order valence-corrected chi connectivity index (χ1v) is 6.69. The Kier molecular flexibility index (Phi) is 4.02. The summed E-state index contributed by atoms with van der Waals surface area (Å²) in [4.78, 5) is 14.8. The molecule has 0 spiro atoms. The standard InChI is InChI=1S/C15H21FN2O/c1-11-10-12(4-5-13(11)16)14(19)15(2,3)18-8-6-17-7-9-18/h4-5,10,17H,6-9H2,1-3H3. The van der Waals surface area contributed by atoms with Gasteiger partial charge in [0, 0.05) is 31.7 Å². The third-order valence-electron chi connectivity index (χ3n) is 3.88. The molecule has 4 heteroatoms. The van der Waals surface area contributed by atoms with Crippen molar-refractivity contribution in [3.8, 4) is 0 Å². The van der Waals surface area contributed by atoms with Gasteiger partial charge in [-0.15, -0.1) is 0 Å². The molecule has 2 rings (SSSR count). The molecule has 1 N–H and O–H groups in total. The van der Waals surface area contributed by atoms with Crippen LogP contribution in [0.1, 0.15) is 29.8 Å². The Morgan fingerprint density at radius 2 is 1.95 bits per heavy atom. The fourth-order valence-corrected chi connectivity index (χ4v) is 2.51. The number of hydrogen-bond acceptors (Lipinski definition) is 3. The number of piperazine rings is 1. The van der Waals surface area contributed by atoms with Crippen LogP contribution in [0.4, 0.5) is 4.39 Å². The van der Waals surface area contributed by atoms with Crippen LogP contribution in [0.15, 0.2) is 18.2 Å². The average Bonchev–Trinajstić information content (AvgIpc) is 2.42. The number of carbonyl (C=O) groups excluding carboxylic acids is 1. The van der Waals surface area contributed by atoms with Crippen molar-refractivity contribution in [1.82, 2.24) is 10.2 Å². The van der Waals surface area contributed by atoms with Crippen LogP contribution >= 0.6 is 0 Å². The number of ketones is 1. The number of nitrogens with zero attached hydrogens (tertiary/aromatic N) is 1. The highest BCUT2D eigenvalue weighted by Crippen LogP contribution is 2.22. The summed E-state index contributed by atoms with van der Waals surface area (Å²) in [7, 11) is 0. The van der Waals surface area contributed by atoms with E-state index in [1.165, 1.54) is 6.07 Å². The Labute approximate surface area is 113 Å². The molecule has 19 heavy (non-hydrogen) atoms. The molecule has 0 unspecified atom stereocenters. The minimum Gasteiger partial charge on any atom is -0.314 e. The predicted molar refractivity (Wildman–Crippen MR) is 74.0 cm³/mol. The van der Waals surface area contributed by atoms with Gasteiger partial charge in [0.1, 0.15) is 5.82 Å². The Balaban J connectivity index is 2.23. The second-order valence-corrected chi connectivity index (χ2v) is 5.59. The molecular weight excluding hydrogens is 243 g/mol. The smallest absolute Gasteiger partial charge is 0.182 e. The van der Waals surface area contributed by atoms with Crippen LogP contribution in [0.2, 0.25) is 0 Å². The van der Waals surface area contributed by atoms with E-state index in [-0.39, 0.29) is 11.6 Å². The van der Waals surface area contributed by atoms with Gasteiger partial charge in [-0.1, -0.05) is 0 Å². The lowest BCUT2D eigenvalue weighted by atomic mass is 9.90. The molecule has 1 heterocycles. The fraction of sp³-hybridized carbons (Fsp3) is 0.533. The maximum Gasteiger partial charge on any atom is 0.182 e. The van der Waals surface area contributed by atoms with Crippen LogP contribution in [0.25, 0.3) is 0 Å². The third kappa shape index (κ3) is 2.85. The van der Waals surface area contributed by atoms with Crippen molar-refractivity contribution in [2.45, 2.75) is 26.3 Å². The molecule has 1 saturated heterocycles. The first-order chi connectivity index (χ1) is 8.93. The Morgan fingerprint density at radius 3 is 2.53 bits per heavy atom. The first kappa shape index (κ1) is 14.2. The molecule has 3 nitrogen and oxygen atoms in total. The largest absolute Gasteiger partial charge is 0.314 e. The summed E-state index contributed by atoms with van der Waals surface area (Å²) in [5, 5.41) is 3.28. The maximum absolute atomic E-state index is 13.3. The van der Waals surface area contributed by atoms with Crippen molar-refractivity contribution >= 4 is 5.78 Å². The van der Waals surface area contributed by atoms with Gasteiger partial charge in [-0.05, 0) is 44.5 Å². The Hall–Kier alpha value is -1.26. The zero-order valence-electron chi connectivity index (χ0n) is 11.8. The normalized spacial score (nSPS) is 17.5. The summed E-state index contributed by atoms with van der Waals surface area (Å²) in [5.74, 6) is -0.214. The molecule has 0 atom stereocenters. The van der Waals surface area contributed by atoms with Crippen LogP contribution in [-0.2, 0) is 0 Å². The number of carbonyl (C=O) groups is 1. The van der Waals surface area contributed by atoms with Gasteiger partial charge in [-0.3, -0.25) is 9.69 Å². The van der Waals surface area contributed by atoms with Gasteiger partial charge in [0.05, 0.1) is 5.54 Å². The molecule has 104 valence electrons. The molecule has 0 bridgehead atoms. The molecule has 0 aliphatic carbocycles. The molecule has 1 aromatic rings. The molecule has 1 aliphatic rings. The van der Waals surface area contributed by atoms with E-state index in [2.05, 4.69) is 10.2 Å². The van der Waals surface area contributed by atoms with Crippen LogP contribution < -0.4 is 5.32 Å². The average molecular weight is 264 g/mol. The second kappa shape index (κ2) is 5.39. The number of nitrogens with one attached hydrogen (secondary N) is 1. The van der Waals surface area contributed by atoms with E-state index < -0.39 is 5.54 Å². The second-order valence-electron chi connectivity index (χ2n) is 5.59. The number of aryl methyl sites for hydroxylation is 1. The summed E-state index contributed by atoms with van der Waals surface area (Å²) in [5.41, 5.74) is 0.552. The number of hydrogen-bond donors (Lipinski definition) is 1. The van der Waals surface area contributed by atoms with E-state index in [1.807, 2.05) is 13.8 Å². The molecule has 0 radical (unpaired) electrons. The Morgan fingerprint density at radius 1 is 1.32 bits per heavy atom. The minimum absolute atomic E-state index is 0.0532. The van der Waals surface area contributed by atoms with Crippen LogP contribution in [-0.4, -0.2) is 42.4 Å². The van der Waals surface area contributed by atoms with Gasteiger partial charge in [-0.2, -0.15) is 0 Å². The predicted octanol–water partition coefficient (Wildman–Crippen LogP) is 2.00. The van der Waals surface area contributed by atoms with Gasteiger partial charge in [0.25, 0.3) is 0 Å². The quantitative estimate of drug-likeness (QED) is 0.848. The van der Waals surface area contributed by atoms with Crippen molar-refractivity contribution in [3.05, 3.63) is 35.1 Å². The van der Waals surface area contributed by atoms with E-state index in [4.69, 9.17) is 0 Å². The van der Waals surface area contributed by atoms with Gasteiger partial charge >= 0.3 is 0 Å². The highest BCUT2D eigenvalue weighted by molar-refractivity contribution is 6.02. The van der Waals surface area contributed by atoms with Gasteiger partial charge < -0.3 is 5.32 Å².